The van der Waals surface area contributed by atoms with Crippen LogP contribution >= 0.6 is 9.39 Å². The molecule has 0 bridgehead atoms. The Bertz CT molecular complexity index is 128. The lowest BCUT2D eigenvalue weighted by molar-refractivity contribution is 0.122. The summed E-state index contributed by atoms with van der Waals surface area (Å²) in [5, 5.41) is 3.41. The highest BCUT2D eigenvalue weighted by atomic mass is 31.0. The number of hydrogen-bond donors (Lipinski definition) is 1. The van der Waals surface area contributed by atoms with Gasteiger partial charge in [-0.2, -0.15) is 0 Å². The molecule has 0 aromatic heterocycles. The Balaban J connectivity index is 1.76. The molecule has 11 heavy (non-hydrogen) atoms. The Morgan fingerprint density at radius 2 is 1.73 bits per heavy atom. The highest BCUT2D eigenvalue weighted by Crippen LogP contribution is 2.31. The molecule has 0 radical (unpaired) electrons. The van der Waals surface area contributed by atoms with Gasteiger partial charge in [0.2, 0.25) is 0 Å². The van der Waals surface area contributed by atoms with Crippen molar-refractivity contribution >= 4 is 9.39 Å². The summed E-state index contributed by atoms with van der Waals surface area (Å²) in [5.74, 6) is 2.03. The maximum atomic E-state index is 3.41. The Kier molecular flexibility index (Phi) is 2.45. The molecule has 1 unspecified atom stereocenters. The largest absolute Gasteiger partial charge is 0.317 e. The van der Waals surface area contributed by atoms with Crippen LogP contribution in [-0.2, 0) is 0 Å². The standard InChI is InChI=1S/C8H17N2P/c11-10-5-8(6-10)7-1-3-9-4-2-7/h7-9H,1-6,11H2. The molecule has 0 aromatic carbocycles. The smallest absolute Gasteiger partial charge is 0.00597 e. The van der Waals surface area contributed by atoms with Gasteiger partial charge in [0.1, 0.15) is 0 Å². The molecular formula is C8H17N2P. The third-order valence-electron chi connectivity index (χ3n) is 2.99. The molecule has 2 aliphatic rings. The van der Waals surface area contributed by atoms with Gasteiger partial charge in [-0.1, -0.05) is 9.39 Å². The fourth-order valence-corrected chi connectivity index (χ4v) is 2.70. The molecule has 2 rings (SSSR count). The van der Waals surface area contributed by atoms with Crippen LogP contribution in [0, 0.1) is 11.8 Å². The van der Waals surface area contributed by atoms with Gasteiger partial charge in [-0.3, -0.25) is 4.67 Å². The maximum absolute atomic E-state index is 3.41. The van der Waals surface area contributed by atoms with Crippen molar-refractivity contribution in [3.05, 3.63) is 0 Å². The van der Waals surface area contributed by atoms with E-state index in [1.165, 1.54) is 39.0 Å². The minimum absolute atomic E-state index is 1.01. The van der Waals surface area contributed by atoms with Gasteiger partial charge in [-0.15, -0.1) is 0 Å². The van der Waals surface area contributed by atoms with E-state index in [1.54, 1.807) is 0 Å². The third-order valence-corrected chi connectivity index (χ3v) is 3.41. The fourth-order valence-electron chi connectivity index (χ4n) is 2.16. The van der Waals surface area contributed by atoms with Crippen molar-refractivity contribution in [3.63, 3.8) is 0 Å². The molecule has 1 atom stereocenters. The van der Waals surface area contributed by atoms with E-state index in [1.807, 2.05) is 0 Å². The summed E-state index contributed by atoms with van der Waals surface area (Å²) in [6.45, 7) is 5.13. The first-order valence-electron chi connectivity index (χ1n) is 4.56. The van der Waals surface area contributed by atoms with Gasteiger partial charge in [-0.05, 0) is 37.8 Å². The average Bonchev–Trinajstić information content (AvgIpc) is 2.01. The predicted molar refractivity (Wildman–Crippen MR) is 50.4 cm³/mol. The van der Waals surface area contributed by atoms with Crippen molar-refractivity contribution in [3.8, 4) is 0 Å². The van der Waals surface area contributed by atoms with Gasteiger partial charge in [0, 0.05) is 13.1 Å². The molecule has 2 nitrogen and oxygen atoms in total. The van der Waals surface area contributed by atoms with Crippen LogP contribution in [0.15, 0.2) is 0 Å². The lowest BCUT2D eigenvalue weighted by atomic mass is 9.81. The van der Waals surface area contributed by atoms with Crippen molar-refractivity contribution in [2.75, 3.05) is 26.2 Å². The Morgan fingerprint density at radius 1 is 1.09 bits per heavy atom. The SMILES string of the molecule is PN1CC(C2CCNCC2)C1. The second-order valence-corrected chi connectivity index (χ2v) is 4.53. The van der Waals surface area contributed by atoms with Crippen molar-refractivity contribution in [2.24, 2.45) is 11.8 Å². The number of hydrogen-bond acceptors (Lipinski definition) is 2. The van der Waals surface area contributed by atoms with Gasteiger partial charge in [0.15, 0.2) is 0 Å². The quantitative estimate of drug-likeness (QED) is 0.586. The molecule has 0 aliphatic carbocycles. The highest BCUT2D eigenvalue weighted by molar-refractivity contribution is 7.13. The van der Waals surface area contributed by atoms with Crippen LogP contribution < -0.4 is 5.32 Å². The van der Waals surface area contributed by atoms with E-state index >= 15 is 0 Å². The molecule has 0 amide bonds. The molecule has 2 aliphatic heterocycles. The summed E-state index contributed by atoms with van der Waals surface area (Å²) in [4.78, 5) is 0. The van der Waals surface area contributed by atoms with Crippen molar-refractivity contribution in [1.29, 1.82) is 0 Å². The molecule has 1 N–H and O–H groups in total. The number of nitrogens with one attached hydrogen (secondary N) is 1. The van der Waals surface area contributed by atoms with Crippen molar-refractivity contribution in [1.82, 2.24) is 9.99 Å². The van der Waals surface area contributed by atoms with E-state index < -0.39 is 0 Å². The summed E-state index contributed by atoms with van der Waals surface area (Å²) < 4.78 is 2.34. The van der Waals surface area contributed by atoms with Gasteiger partial charge < -0.3 is 5.32 Å². The molecule has 3 heteroatoms. The zero-order chi connectivity index (χ0) is 7.68. The summed E-state index contributed by atoms with van der Waals surface area (Å²) >= 11 is 0. The lowest BCUT2D eigenvalue weighted by Crippen LogP contribution is -2.46. The summed E-state index contributed by atoms with van der Waals surface area (Å²) in [5.41, 5.74) is 0. The topological polar surface area (TPSA) is 15.3 Å². The second-order valence-electron chi connectivity index (χ2n) is 3.80. The Hall–Kier alpha value is 0.350. The van der Waals surface area contributed by atoms with E-state index in [4.69, 9.17) is 0 Å². The summed E-state index contributed by atoms with van der Waals surface area (Å²) in [6, 6.07) is 0. The molecule has 0 saturated carbocycles. The average molecular weight is 172 g/mol. The van der Waals surface area contributed by atoms with Crippen LogP contribution in [0.25, 0.3) is 0 Å². The maximum Gasteiger partial charge on any atom is 0.00597 e. The van der Waals surface area contributed by atoms with Crippen LogP contribution in [0.2, 0.25) is 0 Å². The number of nitrogens with zero attached hydrogens (tertiary/aromatic N) is 1. The first-order valence-corrected chi connectivity index (χ1v) is 5.08. The molecule has 2 heterocycles. The predicted octanol–water partition coefficient (Wildman–Crippen LogP) is 0.708. The monoisotopic (exact) mass is 172 g/mol. The molecule has 0 spiro atoms. The van der Waals surface area contributed by atoms with E-state index in [0.717, 1.165) is 11.8 Å². The molecule has 64 valence electrons. The first-order chi connectivity index (χ1) is 5.36. The molecule has 2 saturated heterocycles. The minimum Gasteiger partial charge on any atom is -0.317 e. The lowest BCUT2D eigenvalue weighted by Gasteiger charge is -2.42. The van der Waals surface area contributed by atoms with E-state index in [-0.39, 0.29) is 0 Å². The number of rotatable bonds is 1. The van der Waals surface area contributed by atoms with Gasteiger partial charge in [-0.25, -0.2) is 0 Å². The Labute approximate surface area is 71.0 Å². The van der Waals surface area contributed by atoms with Gasteiger partial charge in [0.25, 0.3) is 0 Å². The zero-order valence-electron chi connectivity index (χ0n) is 6.92. The van der Waals surface area contributed by atoms with Crippen LogP contribution in [0.5, 0.6) is 0 Å². The fraction of sp³-hybridized carbons (Fsp3) is 1.00. The normalized spacial score (nSPS) is 30.3. The van der Waals surface area contributed by atoms with Crippen LogP contribution in [-0.4, -0.2) is 30.8 Å². The molecule has 0 aromatic rings. The van der Waals surface area contributed by atoms with Crippen LogP contribution in [0.1, 0.15) is 12.8 Å². The molecular weight excluding hydrogens is 155 g/mol. The number of piperidine rings is 1. The van der Waals surface area contributed by atoms with Crippen LogP contribution in [0.4, 0.5) is 0 Å². The van der Waals surface area contributed by atoms with Gasteiger partial charge in [0.05, 0.1) is 0 Å². The molecule has 2 fully saturated rings. The van der Waals surface area contributed by atoms with E-state index in [2.05, 4.69) is 19.4 Å². The first kappa shape index (κ1) is 7.97. The summed E-state index contributed by atoms with van der Waals surface area (Å²) in [7, 11) is 2.78. The highest BCUT2D eigenvalue weighted by Gasteiger charge is 2.31. The van der Waals surface area contributed by atoms with Gasteiger partial charge >= 0.3 is 0 Å². The van der Waals surface area contributed by atoms with Crippen molar-refractivity contribution in [2.45, 2.75) is 12.8 Å². The van der Waals surface area contributed by atoms with Crippen molar-refractivity contribution < 1.29 is 0 Å². The minimum atomic E-state index is 1.01. The third kappa shape index (κ3) is 1.74. The zero-order valence-corrected chi connectivity index (χ0v) is 8.08. The Morgan fingerprint density at radius 3 is 2.27 bits per heavy atom. The van der Waals surface area contributed by atoms with E-state index in [0.29, 0.717) is 0 Å². The summed E-state index contributed by atoms with van der Waals surface area (Å²) in [6.07, 6.45) is 2.81. The second kappa shape index (κ2) is 3.38. The van der Waals surface area contributed by atoms with E-state index in [9.17, 15) is 0 Å². The van der Waals surface area contributed by atoms with Crippen LogP contribution in [0.3, 0.4) is 0 Å².